The molecule has 0 amide bonds. The molecule has 96 valence electrons. The second kappa shape index (κ2) is 5.29. The highest BCUT2D eigenvalue weighted by molar-refractivity contribution is 5.83. The van der Waals surface area contributed by atoms with Crippen molar-refractivity contribution in [3.05, 3.63) is 71.9 Å². The lowest BCUT2D eigenvalue weighted by Crippen LogP contribution is -2.05. The number of hydrogen-bond acceptors (Lipinski definition) is 1. The summed E-state index contributed by atoms with van der Waals surface area (Å²) >= 11 is 0. The van der Waals surface area contributed by atoms with E-state index >= 15 is 0 Å². The molecule has 2 heteroatoms. The van der Waals surface area contributed by atoms with Gasteiger partial charge in [0.15, 0.2) is 0 Å². The van der Waals surface area contributed by atoms with Crippen molar-refractivity contribution in [1.82, 2.24) is 9.88 Å². The third-order valence-electron chi connectivity index (χ3n) is 3.47. The standard InChI is InChI=1S/C17H18N2/c1-18-12-15-8-5-9-17-16(15)10-11-19(17)13-14-6-3-2-4-7-14/h2-11,18H,12-13H2,1H3. The zero-order valence-electron chi connectivity index (χ0n) is 11.1. The van der Waals surface area contributed by atoms with Gasteiger partial charge >= 0.3 is 0 Å². The van der Waals surface area contributed by atoms with E-state index in [2.05, 4.69) is 70.7 Å². The Morgan fingerprint density at radius 3 is 2.58 bits per heavy atom. The highest BCUT2D eigenvalue weighted by Crippen LogP contribution is 2.21. The number of fused-ring (bicyclic) bond motifs is 1. The predicted molar refractivity (Wildman–Crippen MR) is 80.2 cm³/mol. The summed E-state index contributed by atoms with van der Waals surface area (Å²) in [7, 11) is 1.99. The van der Waals surface area contributed by atoms with Gasteiger partial charge in [-0.2, -0.15) is 0 Å². The second-order valence-electron chi connectivity index (χ2n) is 4.81. The molecule has 0 bridgehead atoms. The van der Waals surface area contributed by atoms with Crippen molar-refractivity contribution >= 4 is 10.9 Å². The van der Waals surface area contributed by atoms with Crippen molar-refractivity contribution in [1.29, 1.82) is 0 Å². The molecule has 0 spiro atoms. The topological polar surface area (TPSA) is 17.0 Å². The Hall–Kier alpha value is -2.06. The van der Waals surface area contributed by atoms with Crippen molar-refractivity contribution in [2.75, 3.05) is 7.05 Å². The first-order valence-electron chi connectivity index (χ1n) is 6.64. The molecule has 19 heavy (non-hydrogen) atoms. The number of hydrogen-bond donors (Lipinski definition) is 1. The van der Waals surface area contributed by atoms with Gasteiger partial charge in [-0.15, -0.1) is 0 Å². The third-order valence-corrected chi connectivity index (χ3v) is 3.47. The molecule has 0 aliphatic rings. The van der Waals surface area contributed by atoms with Gasteiger partial charge in [-0.05, 0) is 30.3 Å². The van der Waals surface area contributed by atoms with Crippen LogP contribution in [0.3, 0.4) is 0 Å². The van der Waals surface area contributed by atoms with Crippen LogP contribution in [0.15, 0.2) is 60.8 Å². The van der Waals surface area contributed by atoms with Gasteiger partial charge in [-0.25, -0.2) is 0 Å². The maximum Gasteiger partial charge on any atom is 0.0486 e. The molecule has 3 rings (SSSR count). The fraction of sp³-hybridized carbons (Fsp3) is 0.176. The van der Waals surface area contributed by atoms with Crippen LogP contribution in [0.5, 0.6) is 0 Å². The van der Waals surface area contributed by atoms with Gasteiger partial charge in [0.05, 0.1) is 0 Å². The molecule has 1 aromatic heterocycles. The first kappa shape index (κ1) is 12.0. The number of benzene rings is 2. The van der Waals surface area contributed by atoms with Crippen LogP contribution in [-0.4, -0.2) is 11.6 Å². The van der Waals surface area contributed by atoms with Crippen molar-refractivity contribution in [2.24, 2.45) is 0 Å². The SMILES string of the molecule is CNCc1cccc2c1ccn2Cc1ccccc1. The molecule has 0 aliphatic heterocycles. The monoisotopic (exact) mass is 250 g/mol. The van der Waals surface area contributed by atoms with Gasteiger partial charge in [0, 0.05) is 30.2 Å². The Kier molecular flexibility index (Phi) is 3.34. The summed E-state index contributed by atoms with van der Waals surface area (Å²) in [6.07, 6.45) is 2.18. The molecule has 0 aliphatic carbocycles. The van der Waals surface area contributed by atoms with E-state index in [4.69, 9.17) is 0 Å². The molecule has 2 nitrogen and oxygen atoms in total. The maximum absolute atomic E-state index is 3.23. The number of nitrogens with one attached hydrogen (secondary N) is 1. The van der Waals surface area contributed by atoms with Crippen molar-refractivity contribution in [3.8, 4) is 0 Å². The van der Waals surface area contributed by atoms with Crippen LogP contribution in [0.25, 0.3) is 10.9 Å². The minimum atomic E-state index is 0.909. The molecule has 0 radical (unpaired) electrons. The van der Waals surface area contributed by atoms with Gasteiger partial charge in [0.2, 0.25) is 0 Å². The summed E-state index contributed by atoms with van der Waals surface area (Å²) in [5.41, 5.74) is 3.99. The minimum Gasteiger partial charge on any atom is -0.343 e. The molecule has 2 aromatic carbocycles. The lowest BCUT2D eigenvalue weighted by Gasteiger charge is -2.07. The van der Waals surface area contributed by atoms with Crippen LogP contribution in [0.1, 0.15) is 11.1 Å². The van der Waals surface area contributed by atoms with E-state index < -0.39 is 0 Å². The van der Waals surface area contributed by atoms with Gasteiger partial charge in [-0.3, -0.25) is 0 Å². The Morgan fingerprint density at radius 1 is 0.947 bits per heavy atom. The van der Waals surface area contributed by atoms with Crippen LogP contribution in [0.2, 0.25) is 0 Å². The summed E-state index contributed by atoms with van der Waals surface area (Å²) < 4.78 is 2.31. The zero-order chi connectivity index (χ0) is 13.1. The van der Waals surface area contributed by atoms with E-state index in [9.17, 15) is 0 Å². The van der Waals surface area contributed by atoms with E-state index in [1.807, 2.05) is 7.05 Å². The summed E-state index contributed by atoms with van der Waals surface area (Å²) in [6.45, 7) is 1.83. The van der Waals surface area contributed by atoms with E-state index in [-0.39, 0.29) is 0 Å². The first-order valence-corrected chi connectivity index (χ1v) is 6.64. The van der Waals surface area contributed by atoms with E-state index in [0.29, 0.717) is 0 Å². The fourth-order valence-electron chi connectivity index (χ4n) is 2.55. The summed E-state index contributed by atoms with van der Waals surface area (Å²) in [4.78, 5) is 0. The fourth-order valence-corrected chi connectivity index (χ4v) is 2.55. The Morgan fingerprint density at radius 2 is 1.79 bits per heavy atom. The summed E-state index contributed by atoms with van der Waals surface area (Å²) in [5, 5.41) is 4.57. The molecular weight excluding hydrogens is 232 g/mol. The van der Waals surface area contributed by atoms with Crippen LogP contribution in [-0.2, 0) is 13.1 Å². The second-order valence-corrected chi connectivity index (χ2v) is 4.81. The van der Waals surface area contributed by atoms with Gasteiger partial charge < -0.3 is 9.88 Å². The van der Waals surface area contributed by atoms with E-state index in [1.54, 1.807) is 0 Å². The average Bonchev–Trinajstić information content (AvgIpc) is 2.85. The molecule has 0 unspecified atom stereocenters. The zero-order valence-corrected chi connectivity index (χ0v) is 11.1. The maximum atomic E-state index is 3.23. The van der Waals surface area contributed by atoms with Crippen LogP contribution in [0.4, 0.5) is 0 Å². The highest BCUT2D eigenvalue weighted by atomic mass is 15.0. The van der Waals surface area contributed by atoms with Crippen LogP contribution in [0, 0.1) is 0 Å². The summed E-state index contributed by atoms with van der Waals surface area (Å²) in [6, 6.07) is 19.3. The van der Waals surface area contributed by atoms with Crippen molar-refractivity contribution < 1.29 is 0 Å². The van der Waals surface area contributed by atoms with Crippen molar-refractivity contribution in [3.63, 3.8) is 0 Å². The Labute approximate surface area is 113 Å². The largest absolute Gasteiger partial charge is 0.343 e. The predicted octanol–water partition coefficient (Wildman–Crippen LogP) is 3.41. The Balaban J connectivity index is 1.99. The summed E-state index contributed by atoms with van der Waals surface area (Å²) in [5.74, 6) is 0. The van der Waals surface area contributed by atoms with Crippen LogP contribution < -0.4 is 5.32 Å². The number of nitrogens with zero attached hydrogens (tertiary/aromatic N) is 1. The quantitative estimate of drug-likeness (QED) is 0.751. The molecule has 0 fully saturated rings. The molecule has 0 saturated heterocycles. The molecular formula is C17H18N2. The third kappa shape index (κ3) is 2.40. The first-order chi connectivity index (χ1) is 9.38. The highest BCUT2D eigenvalue weighted by Gasteiger charge is 2.05. The number of aromatic nitrogens is 1. The lowest BCUT2D eigenvalue weighted by atomic mass is 10.1. The van der Waals surface area contributed by atoms with E-state index in [1.165, 1.54) is 22.0 Å². The normalized spacial score (nSPS) is 11.0. The molecule has 1 heterocycles. The molecule has 1 N–H and O–H groups in total. The van der Waals surface area contributed by atoms with Crippen molar-refractivity contribution in [2.45, 2.75) is 13.1 Å². The number of rotatable bonds is 4. The van der Waals surface area contributed by atoms with Gasteiger partial charge in [0.1, 0.15) is 0 Å². The average molecular weight is 250 g/mol. The Bertz CT molecular complexity index is 668. The minimum absolute atomic E-state index is 0.909. The van der Waals surface area contributed by atoms with E-state index in [0.717, 1.165) is 13.1 Å². The molecule has 3 aromatic rings. The molecule has 0 saturated carbocycles. The lowest BCUT2D eigenvalue weighted by molar-refractivity contribution is 0.821. The van der Waals surface area contributed by atoms with Gasteiger partial charge in [-0.1, -0.05) is 42.5 Å². The molecule has 0 atom stereocenters. The van der Waals surface area contributed by atoms with Gasteiger partial charge in [0.25, 0.3) is 0 Å². The smallest absolute Gasteiger partial charge is 0.0486 e. The van der Waals surface area contributed by atoms with Crippen LogP contribution >= 0.6 is 0 Å².